The molecular formula is C19H21ClN4O3. The number of non-ortho nitro benzene ring substituents is 1. The first kappa shape index (κ1) is 19.1. The van der Waals surface area contributed by atoms with E-state index in [4.69, 9.17) is 11.6 Å². The molecule has 0 bridgehead atoms. The van der Waals surface area contributed by atoms with Gasteiger partial charge in [0.15, 0.2) is 0 Å². The second kappa shape index (κ2) is 8.37. The van der Waals surface area contributed by atoms with Crippen LogP contribution in [-0.4, -0.2) is 48.5 Å². The van der Waals surface area contributed by atoms with Crippen molar-refractivity contribution in [3.63, 3.8) is 0 Å². The number of likely N-dealkylation sites (N-methyl/N-ethyl adjacent to an activating group) is 1. The van der Waals surface area contributed by atoms with Crippen LogP contribution in [0.3, 0.4) is 0 Å². The van der Waals surface area contributed by atoms with Crippen molar-refractivity contribution in [2.24, 2.45) is 0 Å². The minimum absolute atomic E-state index is 0.0536. The molecule has 1 N–H and O–H groups in total. The number of rotatable bonds is 5. The van der Waals surface area contributed by atoms with E-state index >= 15 is 0 Å². The lowest BCUT2D eigenvalue weighted by Crippen LogP contribution is -2.46. The van der Waals surface area contributed by atoms with Crippen LogP contribution in [0.15, 0.2) is 42.5 Å². The van der Waals surface area contributed by atoms with Gasteiger partial charge in [-0.15, -0.1) is 0 Å². The van der Waals surface area contributed by atoms with E-state index in [2.05, 4.69) is 22.0 Å². The zero-order valence-corrected chi connectivity index (χ0v) is 15.8. The number of benzene rings is 2. The van der Waals surface area contributed by atoms with Gasteiger partial charge in [-0.3, -0.25) is 14.9 Å². The zero-order chi connectivity index (χ0) is 19.4. The Bertz CT molecular complexity index is 833. The lowest BCUT2D eigenvalue weighted by atomic mass is 10.2. The molecule has 1 aliphatic rings. The number of carbonyl (C=O) groups is 1. The molecule has 7 nitrogen and oxygen atoms in total. The fourth-order valence-corrected chi connectivity index (χ4v) is 3.38. The van der Waals surface area contributed by atoms with Gasteiger partial charge in [-0.25, -0.2) is 0 Å². The summed E-state index contributed by atoms with van der Waals surface area (Å²) in [7, 11) is 0. The molecule has 0 spiro atoms. The van der Waals surface area contributed by atoms with Gasteiger partial charge >= 0.3 is 0 Å². The van der Waals surface area contributed by atoms with Crippen molar-refractivity contribution in [2.75, 3.05) is 42.9 Å². The summed E-state index contributed by atoms with van der Waals surface area (Å²) in [5.41, 5.74) is 1.83. The molecule has 1 amide bonds. The van der Waals surface area contributed by atoms with Crippen LogP contribution in [0.4, 0.5) is 17.1 Å². The van der Waals surface area contributed by atoms with Gasteiger partial charge in [-0.05, 0) is 36.9 Å². The zero-order valence-electron chi connectivity index (χ0n) is 15.0. The van der Waals surface area contributed by atoms with Gasteiger partial charge in [-0.2, -0.15) is 0 Å². The smallest absolute Gasteiger partial charge is 0.269 e. The number of piperazine rings is 1. The van der Waals surface area contributed by atoms with Crippen LogP contribution in [0.1, 0.15) is 17.3 Å². The van der Waals surface area contributed by atoms with E-state index in [0.29, 0.717) is 16.3 Å². The largest absolute Gasteiger partial charge is 0.368 e. The summed E-state index contributed by atoms with van der Waals surface area (Å²) in [6.07, 6.45) is 0. The number of anilines is 2. The Morgan fingerprint density at radius 2 is 1.81 bits per heavy atom. The van der Waals surface area contributed by atoms with Crippen molar-refractivity contribution in [3.8, 4) is 0 Å². The maximum absolute atomic E-state index is 12.3. The van der Waals surface area contributed by atoms with Crippen LogP contribution in [0, 0.1) is 10.1 Å². The molecule has 0 saturated carbocycles. The molecule has 1 heterocycles. The van der Waals surface area contributed by atoms with Crippen LogP contribution in [0.5, 0.6) is 0 Å². The summed E-state index contributed by atoms with van der Waals surface area (Å²) < 4.78 is 0. The van der Waals surface area contributed by atoms with Crippen molar-refractivity contribution in [1.82, 2.24) is 4.90 Å². The molecule has 0 atom stereocenters. The van der Waals surface area contributed by atoms with Crippen LogP contribution in [0.25, 0.3) is 0 Å². The van der Waals surface area contributed by atoms with E-state index in [1.165, 1.54) is 24.3 Å². The van der Waals surface area contributed by atoms with E-state index in [1.54, 1.807) is 6.07 Å². The monoisotopic (exact) mass is 388 g/mol. The van der Waals surface area contributed by atoms with E-state index in [1.807, 2.05) is 12.1 Å². The summed E-state index contributed by atoms with van der Waals surface area (Å²) in [6.45, 7) is 7.06. The normalized spacial score (nSPS) is 14.8. The van der Waals surface area contributed by atoms with Crippen LogP contribution in [0.2, 0.25) is 5.02 Å². The molecule has 3 rings (SSSR count). The van der Waals surface area contributed by atoms with Gasteiger partial charge in [0.05, 0.1) is 15.6 Å². The Morgan fingerprint density at radius 3 is 2.37 bits per heavy atom. The van der Waals surface area contributed by atoms with Gasteiger partial charge in [0.1, 0.15) is 0 Å². The molecule has 0 unspecified atom stereocenters. The van der Waals surface area contributed by atoms with Crippen LogP contribution < -0.4 is 10.2 Å². The fraction of sp³-hybridized carbons (Fsp3) is 0.316. The van der Waals surface area contributed by atoms with E-state index in [-0.39, 0.29) is 11.6 Å². The number of nitrogens with zero attached hydrogens (tertiary/aromatic N) is 3. The van der Waals surface area contributed by atoms with E-state index in [9.17, 15) is 14.9 Å². The summed E-state index contributed by atoms with van der Waals surface area (Å²) in [6, 6.07) is 10.9. The molecule has 0 aromatic heterocycles. The van der Waals surface area contributed by atoms with Crippen molar-refractivity contribution in [3.05, 3.63) is 63.2 Å². The minimum Gasteiger partial charge on any atom is -0.368 e. The summed E-state index contributed by atoms with van der Waals surface area (Å²) in [5, 5.41) is 14.1. The molecule has 0 aliphatic carbocycles. The average Bonchev–Trinajstić information content (AvgIpc) is 2.68. The Kier molecular flexibility index (Phi) is 5.93. The predicted molar refractivity (Wildman–Crippen MR) is 107 cm³/mol. The Hall–Kier alpha value is -2.64. The number of nitro benzene ring substituents is 1. The highest BCUT2D eigenvalue weighted by Gasteiger charge is 2.18. The highest BCUT2D eigenvalue weighted by Crippen LogP contribution is 2.30. The first-order chi connectivity index (χ1) is 13.0. The highest BCUT2D eigenvalue weighted by atomic mass is 35.5. The second-order valence-electron chi connectivity index (χ2n) is 6.35. The molecule has 1 saturated heterocycles. The van der Waals surface area contributed by atoms with Crippen molar-refractivity contribution in [2.45, 2.75) is 6.92 Å². The number of amides is 1. The van der Waals surface area contributed by atoms with Gasteiger partial charge in [0.25, 0.3) is 11.6 Å². The number of hydrogen-bond donors (Lipinski definition) is 1. The maximum Gasteiger partial charge on any atom is 0.269 e. The Balaban J connectivity index is 1.66. The molecule has 2 aromatic rings. The van der Waals surface area contributed by atoms with Crippen molar-refractivity contribution in [1.29, 1.82) is 0 Å². The number of nitrogens with one attached hydrogen (secondary N) is 1. The molecule has 2 aromatic carbocycles. The average molecular weight is 389 g/mol. The van der Waals surface area contributed by atoms with Crippen molar-refractivity contribution >= 4 is 34.6 Å². The maximum atomic E-state index is 12.3. The highest BCUT2D eigenvalue weighted by molar-refractivity contribution is 6.33. The Morgan fingerprint density at radius 1 is 1.15 bits per heavy atom. The van der Waals surface area contributed by atoms with Gasteiger partial charge in [-0.1, -0.05) is 18.5 Å². The third kappa shape index (κ3) is 4.56. The lowest BCUT2D eigenvalue weighted by Gasteiger charge is -2.36. The Labute approximate surface area is 162 Å². The molecule has 0 radical (unpaired) electrons. The summed E-state index contributed by atoms with van der Waals surface area (Å²) in [5.74, 6) is -0.342. The molecule has 142 valence electrons. The number of hydrogen-bond acceptors (Lipinski definition) is 5. The fourth-order valence-electron chi connectivity index (χ4n) is 3.08. The number of halogens is 1. The first-order valence-electron chi connectivity index (χ1n) is 8.80. The van der Waals surface area contributed by atoms with E-state index in [0.717, 1.165) is 38.4 Å². The van der Waals surface area contributed by atoms with Gasteiger partial charge in [0, 0.05) is 49.6 Å². The van der Waals surface area contributed by atoms with Crippen molar-refractivity contribution < 1.29 is 9.72 Å². The van der Waals surface area contributed by atoms with Gasteiger partial charge < -0.3 is 15.1 Å². The van der Waals surface area contributed by atoms with Crippen LogP contribution in [-0.2, 0) is 0 Å². The molecular weight excluding hydrogens is 368 g/mol. The van der Waals surface area contributed by atoms with Gasteiger partial charge in [0.2, 0.25) is 0 Å². The molecule has 1 aliphatic heterocycles. The molecule has 8 heteroatoms. The second-order valence-corrected chi connectivity index (χ2v) is 6.75. The molecule has 27 heavy (non-hydrogen) atoms. The quantitative estimate of drug-likeness (QED) is 0.624. The first-order valence-corrected chi connectivity index (χ1v) is 9.18. The lowest BCUT2D eigenvalue weighted by molar-refractivity contribution is -0.384. The standard InChI is InChI=1S/C19H21ClN4O3/c1-2-22-9-11-23(12-10-22)18-8-5-15(13-17(18)20)21-19(25)14-3-6-16(7-4-14)24(26)27/h3-8,13H,2,9-12H2,1H3,(H,21,25). The van der Waals surface area contributed by atoms with Crippen LogP contribution >= 0.6 is 11.6 Å². The molecule has 1 fully saturated rings. The summed E-state index contributed by atoms with van der Waals surface area (Å²) >= 11 is 6.44. The van der Waals surface area contributed by atoms with E-state index < -0.39 is 4.92 Å². The minimum atomic E-state index is -0.499. The topological polar surface area (TPSA) is 78.7 Å². The SMILES string of the molecule is CCN1CCN(c2ccc(NC(=O)c3ccc([N+](=O)[O-])cc3)cc2Cl)CC1. The third-order valence-electron chi connectivity index (χ3n) is 4.71. The third-order valence-corrected chi connectivity index (χ3v) is 5.01. The number of carbonyl (C=O) groups excluding carboxylic acids is 1. The predicted octanol–water partition coefficient (Wildman–Crippen LogP) is 3.64. The number of nitro groups is 1. The summed E-state index contributed by atoms with van der Waals surface area (Å²) in [4.78, 5) is 27.2.